The van der Waals surface area contributed by atoms with Crippen molar-refractivity contribution >= 4 is 27.1 Å². The van der Waals surface area contributed by atoms with Gasteiger partial charge in [-0.1, -0.05) is 20.8 Å². The molecular formula is C9H24O4Si3. The molecule has 3 atom stereocenters. The van der Waals surface area contributed by atoms with E-state index in [2.05, 4.69) is 27.7 Å². The topological polar surface area (TPSA) is 36.9 Å². The van der Waals surface area contributed by atoms with Crippen LogP contribution in [0.1, 0.15) is 27.7 Å². The van der Waals surface area contributed by atoms with Gasteiger partial charge in [0, 0.05) is 7.11 Å². The van der Waals surface area contributed by atoms with E-state index in [-0.39, 0.29) is 5.73 Å². The summed E-state index contributed by atoms with van der Waals surface area (Å²) in [5.74, 6) is 0. The highest BCUT2D eigenvalue weighted by atomic mass is 28.5. The van der Waals surface area contributed by atoms with Gasteiger partial charge in [0.1, 0.15) is 0 Å². The van der Waals surface area contributed by atoms with E-state index in [1.165, 1.54) is 0 Å². The first-order chi connectivity index (χ1) is 7.61. The van der Waals surface area contributed by atoms with Crippen molar-refractivity contribution in [3.8, 4) is 0 Å². The molecule has 0 aromatic rings. The maximum Gasteiger partial charge on any atom is 0.349 e. The molecule has 1 saturated heterocycles. The van der Waals surface area contributed by atoms with Gasteiger partial charge in [-0.15, -0.1) is 0 Å². The summed E-state index contributed by atoms with van der Waals surface area (Å²) in [5.41, 5.74) is 0.101. The SMILES string of the molecule is CC[SiH]1O[SiH](CC)O[Si](CC)(C(C)OC)O1. The van der Waals surface area contributed by atoms with E-state index in [9.17, 15) is 0 Å². The lowest BCUT2D eigenvalue weighted by Crippen LogP contribution is -2.63. The Balaban J connectivity index is 2.81. The Kier molecular flexibility index (Phi) is 5.85. The van der Waals surface area contributed by atoms with Gasteiger partial charge in [0.2, 0.25) is 0 Å². The molecule has 1 aliphatic rings. The zero-order chi connectivity index (χ0) is 12.2. The zero-order valence-corrected chi connectivity index (χ0v) is 14.3. The first-order valence-corrected chi connectivity index (χ1v) is 11.8. The highest BCUT2D eigenvalue weighted by molar-refractivity contribution is 6.84. The quantitative estimate of drug-likeness (QED) is 0.716. The number of hydrogen-bond acceptors (Lipinski definition) is 4. The molecule has 1 heterocycles. The van der Waals surface area contributed by atoms with Gasteiger partial charge in [-0.25, -0.2) is 0 Å². The van der Waals surface area contributed by atoms with Gasteiger partial charge in [-0.2, -0.15) is 0 Å². The molecule has 16 heavy (non-hydrogen) atoms. The largest absolute Gasteiger partial charge is 0.420 e. The van der Waals surface area contributed by atoms with Crippen molar-refractivity contribution in [2.24, 2.45) is 0 Å². The van der Waals surface area contributed by atoms with Crippen molar-refractivity contribution in [2.75, 3.05) is 7.11 Å². The highest BCUT2D eigenvalue weighted by Gasteiger charge is 2.50. The Labute approximate surface area is 103 Å². The van der Waals surface area contributed by atoms with Gasteiger partial charge in [-0.3, -0.25) is 0 Å². The Hall–Kier alpha value is 0.491. The molecule has 0 aliphatic carbocycles. The van der Waals surface area contributed by atoms with Gasteiger partial charge in [-0.05, 0) is 25.1 Å². The van der Waals surface area contributed by atoms with Crippen LogP contribution in [0.25, 0.3) is 0 Å². The highest BCUT2D eigenvalue weighted by Crippen LogP contribution is 2.28. The van der Waals surface area contributed by atoms with Gasteiger partial charge in [0.15, 0.2) is 0 Å². The molecule has 1 fully saturated rings. The third kappa shape index (κ3) is 3.03. The second kappa shape index (κ2) is 6.43. The van der Waals surface area contributed by atoms with E-state index >= 15 is 0 Å². The molecule has 7 heteroatoms. The Bertz CT molecular complexity index is 205. The Morgan fingerprint density at radius 2 is 1.62 bits per heavy atom. The molecule has 0 radical (unpaired) electrons. The molecule has 0 spiro atoms. The third-order valence-electron chi connectivity index (χ3n) is 3.10. The molecule has 0 N–H and O–H groups in total. The van der Waals surface area contributed by atoms with Crippen LogP contribution in [0.2, 0.25) is 18.1 Å². The maximum atomic E-state index is 6.20. The summed E-state index contributed by atoms with van der Waals surface area (Å²) in [6, 6.07) is 3.01. The lowest BCUT2D eigenvalue weighted by Gasteiger charge is -2.44. The average Bonchev–Trinajstić information content (AvgIpc) is 2.36. The van der Waals surface area contributed by atoms with E-state index in [1.54, 1.807) is 7.11 Å². The van der Waals surface area contributed by atoms with Crippen LogP contribution >= 0.6 is 0 Å². The molecular weight excluding hydrogens is 256 g/mol. The minimum Gasteiger partial charge on any atom is -0.420 e. The van der Waals surface area contributed by atoms with Crippen LogP contribution in [-0.2, 0) is 17.1 Å². The molecule has 0 aromatic heterocycles. The van der Waals surface area contributed by atoms with Crippen LogP contribution in [0.15, 0.2) is 0 Å². The van der Waals surface area contributed by atoms with Crippen LogP contribution in [0.4, 0.5) is 0 Å². The fourth-order valence-electron chi connectivity index (χ4n) is 1.88. The van der Waals surface area contributed by atoms with Crippen molar-refractivity contribution < 1.29 is 17.1 Å². The first kappa shape index (κ1) is 14.6. The van der Waals surface area contributed by atoms with Crippen LogP contribution < -0.4 is 0 Å². The second-order valence-electron chi connectivity index (χ2n) is 4.09. The van der Waals surface area contributed by atoms with Gasteiger partial charge < -0.3 is 17.1 Å². The van der Waals surface area contributed by atoms with Crippen LogP contribution in [0.3, 0.4) is 0 Å². The number of methoxy groups -OCH3 is 1. The normalized spacial score (nSPS) is 37.3. The Morgan fingerprint density at radius 3 is 1.94 bits per heavy atom. The van der Waals surface area contributed by atoms with E-state index in [4.69, 9.17) is 17.1 Å². The first-order valence-electron chi connectivity index (χ1n) is 6.15. The van der Waals surface area contributed by atoms with Gasteiger partial charge in [0.25, 0.3) is 0 Å². The molecule has 0 aromatic carbocycles. The van der Waals surface area contributed by atoms with Gasteiger partial charge >= 0.3 is 27.1 Å². The fraction of sp³-hybridized carbons (Fsp3) is 1.00. The van der Waals surface area contributed by atoms with E-state index in [1.807, 2.05) is 0 Å². The third-order valence-corrected chi connectivity index (χ3v) is 14.6. The van der Waals surface area contributed by atoms with Crippen molar-refractivity contribution in [1.29, 1.82) is 0 Å². The van der Waals surface area contributed by atoms with Crippen molar-refractivity contribution in [2.45, 2.75) is 51.6 Å². The summed E-state index contributed by atoms with van der Waals surface area (Å²) in [5, 5.41) is 0. The number of hydrogen-bond donors (Lipinski definition) is 0. The monoisotopic (exact) mass is 280 g/mol. The van der Waals surface area contributed by atoms with Crippen LogP contribution in [0, 0.1) is 0 Å². The minimum atomic E-state index is -2.15. The predicted octanol–water partition coefficient (Wildman–Crippen LogP) is 1.57. The summed E-state index contributed by atoms with van der Waals surface area (Å²) in [4.78, 5) is 0. The fourth-order valence-corrected chi connectivity index (χ4v) is 15.6. The molecule has 3 unspecified atom stereocenters. The molecule has 1 aliphatic heterocycles. The molecule has 4 nitrogen and oxygen atoms in total. The summed E-state index contributed by atoms with van der Waals surface area (Å²) < 4.78 is 23.8. The maximum absolute atomic E-state index is 6.20. The molecule has 1 rings (SSSR count). The van der Waals surface area contributed by atoms with Crippen molar-refractivity contribution in [3.63, 3.8) is 0 Å². The average molecular weight is 281 g/mol. The zero-order valence-electron chi connectivity index (χ0n) is 11.0. The van der Waals surface area contributed by atoms with Crippen molar-refractivity contribution in [1.82, 2.24) is 0 Å². The van der Waals surface area contributed by atoms with Gasteiger partial charge in [0.05, 0.1) is 5.73 Å². The molecule has 0 amide bonds. The van der Waals surface area contributed by atoms with E-state index in [0.29, 0.717) is 0 Å². The standard InChI is InChI=1S/C9H24O4Si3/c1-6-14-11-15(7-2)13-16(8-3,12-14)9(4)10-5/h9,14-15H,6-8H2,1-5H3. The minimum absolute atomic E-state index is 0.101. The van der Waals surface area contributed by atoms with Crippen LogP contribution in [0.5, 0.6) is 0 Å². The predicted molar refractivity (Wildman–Crippen MR) is 71.2 cm³/mol. The summed E-state index contributed by atoms with van der Waals surface area (Å²) >= 11 is 0. The molecule has 96 valence electrons. The summed E-state index contributed by atoms with van der Waals surface area (Å²) in [6.07, 6.45) is 0. The molecule has 0 saturated carbocycles. The van der Waals surface area contributed by atoms with E-state index < -0.39 is 27.1 Å². The van der Waals surface area contributed by atoms with Crippen LogP contribution in [-0.4, -0.2) is 40.0 Å². The summed E-state index contributed by atoms with van der Waals surface area (Å²) in [7, 11) is -3.36. The second-order valence-corrected chi connectivity index (χ2v) is 13.6. The smallest absolute Gasteiger partial charge is 0.349 e. The lowest BCUT2D eigenvalue weighted by molar-refractivity contribution is 0.120. The lowest BCUT2D eigenvalue weighted by atomic mass is 10.8. The number of rotatable bonds is 5. The number of ether oxygens (including phenoxy) is 1. The molecule has 0 bridgehead atoms. The Morgan fingerprint density at radius 1 is 1.12 bits per heavy atom. The van der Waals surface area contributed by atoms with Crippen molar-refractivity contribution in [3.05, 3.63) is 0 Å². The van der Waals surface area contributed by atoms with E-state index in [0.717, 1.165) is 18.1 Å². The summed E-state index contributed by atoms with van der Waals surface area (Å²) in [6.45, 7) is 8.52.